The number of amidine groups is 1. The van der Waals surface area contributed by atoms with Crippen molar-refractivity contribution in [3.63, 3.8) is 0 Å². The highest BCUT2D eigenvalue weighted by molar-refractivity contribution is 6.00. The highest BCUT2D eigenvalue weighted by atomic mass is 15.3. The Kier molecular flexibility index (Phi) is 4.09. The summed E-state index contributed by atoms with van der Waals surface area (Å²) in [6.45, 7) is 9.38. The molecule has 144 valence electrons. The van der Waals surface area contributed by atoms with Gasteiger partial charge in [0.25, 0.3) is 0 Å². The first-order chi connectivity index (χ1) is 13.6. The Hall–Kier alpha value is -2.86. The van der Waals surface area contributed by atoms with Crippen molar-refractivity contribution in [2.45, 2.75) is 13.8 Å². The van der Waals surface area contributed by atoms with E-state index in [9.17, 15) is 0 Å². The molecule has 0 atom stereocenters. The smallest absolute Gasteiger partial charge is 0.139 e. The van der Waals surface area contributed by atoms with Gasteiger partial charge in [0.05, 0.1) is 17.1 Å². The Morgan fingerprint density at radius 1 is 1.00 bits per heavy atom. The summed E-state index contributed by atoms with van der Waals surface area (Å²) in [7, 11) is 2.19. The van der Waals surface area contributed by atoms with E-state index in [-0.39, 0.29) is 0 Å². The molecule has 0 amide bonds. The van der Waals surface area contributed by atoms with Crippen LogP contribution in [0.1, 0.15) is 16.8 Å². The van der Waals surface area contributed by atoms with Crippen molar-refractivity contribution in [2.75, 3.05) is 39.8 Å². The fourth-order valence-corrected chi connectivity index (χ4v) is 4.09. The van der Waals surface area contributed by atoms with Gasteiger partial charge in [0, 0.05) is 56.9 Å². The summed E-state index contributed by atoms with van der Waals surface area (Å²) in [4.78, 5) is 16.6. The Morgan fingerprint density at radius 2 is 1.82 bits per heavy atom. The summed E-state index contributed by atoms with van der Waals surface area (Å²) < 4.78 is 2.11. The quantitative estimate of drug-likeness (QED) is 0.810. The molecular weight excluding hydrogens is 348 g/mol. The van der Waals surface area contributed by atoms with E-state index in [2.05, 4.69) is 80.9 Å². The van der Waals surface area contributed by atoms with Crippen LogP contribution in [-0.4, -0.2) is 69.7 Å². The number of pyridine rings is 1. The number of rotatable bonds is 2. The fraction of sp³-hybridized carbons (Fsp3) is 0.364. The molecule has 0 radical (unpaired) electrons. The van der Waals surface area contributed by atoms with Gasteiger partial charge >= 0.3 is 0 Å². The third kappa shape index (κ3) is 3.03. The van der Waals surface area contributed by atoms with Crippen LogP contribution >= 0.6 is 0 Å². The van der Waals surface area contributed by atoms with Gasteiger partial charge < -0.3 is 19.1 Å². The third-order valence-electron chi connectivity index (χ3n) is 5.72. The van der Waals surface area contributed by atoms with E-state index in [0.717, 1.165) is 61.2 Å². The molecule has 1 fully saturated rings. The van der Waals surface area contributed by atoms with Gasteiger partial charge in [0.15, 0.2) is 0 Å². The van der Waals surface area contributed by atoms with Gasteiger partial charge in [-0.25, -0.2) is 9.98 Å². The van der Waals surface area contributed by atoms with Crippen LogP contribution in [0, 0.1) is 13.8 Å². The van der Waals surface area contributed by atoms with Gasteiger partial charge in [-0.05, 0) is 50.8 Å². The number of hydrogen-bond acceptors (Lipinski definition) is 5. The first-order valence-electron chi connectivity index (χ1n) is 9.92. The molecule has 28 heavy (non-hydrogen) atoms. The van der Waals surface area contributed by atoms with Crippen molar-refractivity contribution in [2.24, 2.45) is 4.99 Å². The van der Waals surface area contributed by atoms with Crippen LogP contribution in [0.4, 0.5) is 0 Å². The Bertz CT molecular complexity index is 1050. The van der Waals surface area contributed by atoms with Gasteiger partial charge in [-0.1, -0.05) is 0 Å². The standard InChI is InChI=1S/C22H26N6/c1-16-12-18(14-28-13-17(2)23-22(16)28)20-6-7-27-15-19(4-5-21(27)24-20)26-10-8-25(3)9-11-26/h4-6,12-15H,7-11H2,1-3H3. The summed E-state index contributed by atoms with van der Waals surface area (Å²) in [5, 5.41) is 0. The molecule has 6 heteroatoms. The zero-order chi connectivity index (χ0) is 19.3. The highest BCUT2D eigenvalue weighted by Gasteiger charge is 2.21. The van der Waals surface area contributed by atoms with E-state index in [1.807, 2.05) is 6.92 Å². The Morgan fingerprint density at radius 3 is 2.64 bits per heavy atom. The van der Waals surface area contributed by atoms with Gasteiger partial charge in [-0.3, -0.25) is 0 Å². The van der Waals surface area contributed by atoms with Crippen LogP contribution < -0.4 is 0 Å². The van der Waals surface area contributed by atoms with Crippen LogP contribution in [0.25, 0.3) is 11.3 Å². The van der Waals surface area contributed by atoms with E-state index in [4.69, 9.17) is 4.99 Å². The summed E-state index contributed by atoms with van der Waals surface area (Å²) in [5.41, 5.74) is 6.68. The van der Waals surface area contributed by atoms with Crippen molar-refractivity contribution >= 4 is 17.2 Å². The zero-order valence-electron chi connectivity index (χ0n) is 16.8. The van der Waals surface area contributed by atoms with Crippen LogP contribution in [0.5, 0.6) is 0 Å². The number of hydrogen-bond donors (Lipinski definition) is 0. The molecule has 0 N–H and O–H groups in total. The lowest BCUT2D eigenvalue weighted by atomic mass is 10.1. The lowest BCUT2D eigenvalue weighted by Gasteiger charge is -2.37. The minimum Gasteiger partial charge on any atom is -0.368 e. The van der Waals surface area contributed by atoms with Gasteiger partial charge in [-0.15, -0.1) is 0 Å². The maximum atomic E-state index is 4.93. The second-order valence-corrected chi connectivity index (χ2v) is 7.91. The Balaban J connectivity index is 1.39. The number of piperazine rings is 1. The summed E-state index contributed by atoms with van der Waals surface area (Å²) >= 11 is 0. The van der Waals surface area contributed by atoms with Crippen LogP contribution in [0.15, 0.2) is 53.6 Å². The minimum atomic E-state index is 0.843. The monoisotopic (exact) mass is 374 g/mol. The van der Waals surface area contributed by atoms with Crippen molar-refractivity contribution in [1.82, 2.24) is 24.1 Å². The molecule has 0 aliphatic carbocycles. The number of aromatic nitrogens is 2. The van der Waals surface area contributed by atoms with Gasteiger partial charge in [0.1, 0.15) is 11.5 Å². The van der Waals surface area contributed by atoms with E-state index in [0.29, 0.717) is 0 Å². The average molecular weight is 374 g/mol. The molecule has 0 bridgehead atoms. The van der Waals surface area contributed by atoms with Crippen molar-refractivity contribution in [3.8, 4) is 0 Å². The SMILES string of the molecule is Cc1cn2cc(C3=CCN4C=C(N5CCN(C)CC5)C=CC4=N3)cc(C)c2n1. The first-order valence-corrected chi connectivity index (χ1v) is 9.92. The maximum Gasteiger partial charge on any atom is 0.139 e. The topological polar surface area (TPSA) is 39.4 Å². The number of likely N-dealkylation sites (N-methyl/N-ethyl adjacent to an activating group) is 1. The number of imidazole rings is 1. The number of allylic oxidation sites excluding steroid dienone is 1. The molecular formula is C22H26N6. The molecule has 3 aliphatic heterocycles. The normalized spacial score (nSPS) is 20.2. The predicted molar refractivity (Wildman–Crippen MR) is 113 cm³/mol. The molecule has 6 nitrogen and oxygen atoms in total. The van der Waals surface area contributed by atoms with Gasteiger partial charge in [0.2, 0.25) is 0 Å². The average Bonchev–Trinajstić information content (AvgIpc) is 3.08. The van der Waals surface area contributed by atoms with Crippen LogP contribution in [0.2, 0.25) is 0 Å². The van der Waals surface area contributed by atoms with Crippen LogP contribution in [0.3, 0.4) is 0 Å². The molecule has 3 aliphatic rings. The molecule has 0 aromatic carbocycles. The highest BCUT2D eigenvalue weighted by Crippen LogP contribution is 2.26. The number of aliphatic imine (C=N–C) groups is 1. The van der Waals surface area contributed by atoms with E-state index in [1.54, 1.807) is 0 Å². The first kappa shape index (κ1) is 17.3. The zero-order valence-corrected chi connectivity index (χ0v) is 16.8. The Labute approximate surface area is 165 Å². The molecule has 2 aromatic heterocycles. The van der Waals surface area contributed by atoms with Crippen LogP contribution in [-0.2, 0) is 0 Å². The largest absolute Gasteiger partial charge is 0.368 e. The predicted octanol–water partition coefficient (Wildman–Crippen LogP) is 2.66. The second-order valence-electron chi connectivity index (χ2n) is 7.91. The lowest BCUT2D eigenvalue weighted by Crippen LogP contribution is -2.44. The lowest BCUT2D eigenvalue weighted by molar-refractivity contribution is 0.188. The molecule has 2 aromatic rings. The van der Waals surface area contributed by atoms with Crippen molar-refractivity contribution in [3.05, 3.63) is 65.4 Å². The van der Waals surface area contributed by atoms with Gasteiger partial charge in [-0.2, -0.15) is 0 Å². The molecule has 0 spiro atoms. The minimum absolute atomic E-state index is 0.843. The van der Waals surface area contributed by atoms with E-state index >= 15 is 0 Å². The molecule has 1 saturated heterocycles. The summed E-state index contributed by atoms with van der Waals surface area (Å²) in [6, 6.07) is 2.19. The molecule has 0 unspecified atom stereocenters. The third-order valence-corrected chi connectivity index (χ3v) is 5.72. The summed E-state index contributed by atoms with van der Waals surface area (Å²) in [5.74, 6) is 1.01. The van der Waals surface area contributed by atoms with E-state index in [1.165, 1.54) is 11.3 Å². The summed E-state index contributed by atoms with van der Waals surface area (Å²) in [6.07, 6.45) is 13.0. The van der Waals surface area contributed by atoms with Crippen molar-refractivity contribution in [1.29, 1.82) is 0 Å². The molecule has 0 saturated carbocycles. The van der Waals surface area contributed by atoms with Crippen molar-refractivity contribution < 1.29 is 0 Å². The van der Waals surface area contributed by atoms with E-state index < -0.39 is 0 Å². The molecule has 5 rings (SSSR count). The second kappa shape index (κ2) is 6.63. The number of aryl methyl sites for hydroxylation is 2. The maximum absolute atomic E-state index is 4.93. The molecule has 5 heterocycles. The number of fused-ring (bicyclic) bond motifs is 2. The fourth-order valence-electron chi connectivity index (χ4n) is 4.09. The number of nitrogens with zero attached hydrogens (tertiary/aromatic N) is 6.